The van der Waals surface area contributed by atoms with Crippen molar-refractivity contribution in [1.29, 1.82) is 0 Å². The molecule has 0 aliphatic rings. The number of halogens is 3. The SMILES string of the molecule is CN(C)S(=O)(=O)c1ccc(-c2cc(C(F)(F)F)on2)s1. The molecule has 2 heterocycles. The average molecular weight is 326 g/mol. The first-order chi connectivity index (χ1) is 9.12. The number of hydrogen-bond acceptors (Lipinski definition) is 5. The average Bonchev–Trinajstić information content (AvgIpc) is 2.96. The van der Waals surface area contributed by atoms with Crippen molar-refractivity contribution in [1.82, 2.24) is 9.46 Å². The Kier molecular flexibility index (Phi) is 3.65. The normalized spacial score (nSPS) is 13.1. The van der Waals surface area contributed by atoms with E-state index in [9.17, 15) is 21.6 Å². The molecule has 2 rings (SSSR count). The first-order valence-electron chi connectivity index (χ1n) is 5.19. The molecule has 0 saturated heterocycles. The van der Waals surface area contributed by atoms with Gasteiger partial charge in [0, 0.05) is 20.2 Å². The van der Waals surface area contributed by atoms with Crippen molar-refractivity contribution in [2.75, 3.05) is 14.1 Å². The van der Waals surface area contributed by atoms with Crippen molar-refractivity contribution in [2.24, 2.45) is 0 Å². The minimum absolute atomic E-state index is 0.0223. The van der Waals surface area contributed by atoms with E-state index in [4.69, 9.17) is 0 Å². The van der Waals surface area contributed by atoms with E-state index in [0.29, 0.717) is 0 Å². The molecule has 0 unspecified atom stereocenters. The van der Waals surface area contributed by atoms with Crippen LogP contribution in [0.3, 0.4) is 0 Å². The molecule has 0 aliphatic heterocycles. The Balaban J connectivity index is 2.37. The van der Waals surface area contributed by atoms with Gasteiger partial charge in [0.05, 0.1) is 4.88 Å². The summed E-state index contributed by atoms with van der Waals surface area (Å²) in [6, 6.07) is 3.44. The molecule has 10 heteroatoms. The molecule has 0 spiro atoms. The Morgan fingerprint density at radius 2 is 1.95 bits per heavy atom. The van der Waals surface area contributed by atoms with Gasteiger partial charge in [-0.3, -0.25) is 0 Å². The largest absolute Gasteiger partial charge is 0.452 e. The van der Waals surface area contributed by atoms with Crippen LogP contribution in [0.5, 0.6) is 0 Å². The standard InChI is InChI=1S/C10H9F3N2O3S2/c1-15(2)20(16,17)9-4-3-7(19-9)6-5-8(18-14-6)10(11,12)13/h3-5H,1-2H3. The van der Waals surface area contributed by atoms with E-state index in [0.717, 1.165) is 21.7 Å². The molecule has 0 aromatic carbocycles. The van der Waals surface area contributed by atoms with E-state index in [1.807, 2.05) is 0 Å². The number of aromatic nitrogens is 1. The Morgan fingerprint density at radius 3 is 2.45 bits per heavy atom. The Bertz CT molecular complexity index is 716. The van der Waals surface area contributed by atoms with E-state index < -0.39 is 22.0 Å². The van der Waals surface area contributed by atoms with Gasteiger partial charge in [-0.1, -0.05) is 5.16 Å². The fourth-order valence-electron chi connectivity index (χ4n) is 1.30. The van der Waals surface area contributed by atoms with Crippen LogP contribution in [-0.2, 0) is 16.2 Å². The van der Waals surface area contributed by atoms with Crippen LogP contribution in [0, 0.1) is 0 Å². The summed E-state index contributed by atoms with van der Waals surface area (Å²) in [5, 5.41) is 3.30. The molecule has 0 N–H and O–H groups in total. The van der Waals surface area contributed by atoms with Crippen LogP contribution in [0.4, 0.5) is 13.2 Å². The van der Waals surface area contributed by atoms with Crippen LogP contribution in [0.2, 0.25) is 0 Å². The third-order valence-electron chi connectivity index (χ3n) is 2.36. The quantitative estimate of drug-likeness (QED) is 0.870. The zero-order chi connectivity index (χ0) is 15.1. The molecule has 2 aromatic rings. The molecular formula is C10H9F3N2O3S2. The third-order valence-corrected chi connectivity index (χ3v) is 5.75. The van der Waals surface area contributed by atoms with Crippen LogP contribution >= 0.6 is 11.3 Å². The second kappa shape index (κ2) is 4.86. The summed E-state index contributed by atoms with van der Waals surface area (Å²) in [5.41, 5.74) is -0.0532. The number of sulfonamides is 1. The molecule has 110 valence electrons. The molecule has 0 aliphatic carbocycles. The van der Waals surface area contributed by atoms with E-state index in [-0.39, 0.29) is 14.8 Å². The maximum atomic E-state index is 12.4. The van der Waals surface area contributed by atoms with Gasteiger partial charge in [-0.15, -0.1) is 11.3 Å². The van der Waals surface area contributed by atoms with Gasteiger partial charge < -0.3 is 4.52 Å². The van der Waals surface area contributed by atoms with Crippen molar-refractivity contribution < 1.29 is 26.1 Å². The zero-order valence-electron chi connectivity index (χ0n) is 10.3. The van der Waals surface area contributed by atoms with Crippen molar-refractivity contribution in [3.8, 4) is 10.6 Å². The highest BCUT2D eigenvalue weighted by Gasteiger charge is 2.36. The summed E-state index contributed by atoms with van der Waals surface area (Å²) < 4.78 is 66.1. The van der Waals surface area contributed by atoms with Crippen molar-refractivity contribution in [3.05, 3.63) is 24.0 Å². The Morgan fingerprint density at radius 1 is 1.30 bits per heavy atom. The van der Waals surface area contributed by atoms with E-state index in [2.05, 4.69) is 9.68 Å². The summed E-state index contributed by atoms with van der Waals surface area (Å²) in [6.07, 6.45) is -4.62. The van der Waals surface area contributed by atoms with Gasteiger partial charge in [0.2, 0.25) is 5.76 Å². The molecule has 0 amide bonds. The number of thiophene rings is 1. The highest BCUT2D eigenvalue weighted by molar-refractivity contribution is 7.91. The van der Waals surface area contributed by atoms with Crippen LogP contribution in [-0.4, -0.2) is 32.0 Å². The second-order valence-electron chi connectivity index (χ2n) is 3.98. The molecule has 20 heavy (non-hydrogen) atoms. The van der Waals surface area contributed by atoms with E-state index in [1.54, 1.807) is 0 Å². The molecule has 0 bridgehead atoms. The number of nitrogens with zero attached hydrogens (tertiary/aromatic N) is 2. The number of alkyl halides is 3. The molecule has 0 atom stereocenters. The second-order valence-corrected chi connectivity index (χ2v) is 7.44. The lowest BCUT2D eigenvalue weighted by atomic mass is 10.3. The monoisotopic (exact) mass is 326 g/mol. The summed E-state index contributed by atoms with van der Waals surface area (Å²) in [4.78, 5) is 0.282. The topological polar surface area (TPSA) is 63.4 Å². The molecular weight excluding hydrogens is 317 g/mol. The predicted octanol–water partition coefficient (Wildman–Crippen LogP) is 2.67. The molecule has 0 fully saturated rings. The number of rotatable bonds is 3. The van der Waals surface area contributed by atoms with Crippen molar-refractivity contribution in [2.45, 2.75) is 10.4 Å². The van der Waals surface area contributed by atoms with Crippen LogP contribution in [0.25, 0.3) is 10.6 Å². The smallest absolute Gasteiger partial charge is 0.351 e. The lowest BCUT2D eigenvalue weighted by Crippen LogP contribution is -2.21. The highest BCUT2D eigenvalue weighted by Crippen LogP contribution is 2.35. The molecule has 0 radical (unpaired) electrons. The van der Waals surface area contributed by atoms with Crippen LogP contribution in [0.1, 0.15) is 5.76 Å². The van der Waals surface area contributed by atoms with Crippen LogP contribution in [0.15, 0.2) is 26.9 Å². The summed E-state index contributed by atoms with van der Waals surface area (Å²) >= 11 is 0.826. The minimum atomic E-state index is -4.62. The van der Waals surface area contributed by atoms with Gasteiger partial charge in [0.1, 0.15) is 9.90 Å². The lowest BCUT2D eigenvalue weighted by Gasteiger charge is -2.08. The molecule has 0 saturated carbocycles. The first kappa shape index (κ1) is 15.0. The third kappa shape index (κ3) is 2.72. The minimum Gasteiger partial charge on any atom is -0.351 e. The maximum absolute atomic E-state index is 12.4. The van der Waals surface area contributed by atoms with Gasteiger partial charge in [-0.05, 0) is 12.1 Å². The predicted molar refractivity (Wildman–Crippen MR) is 65.7 cm³/mol. The first-order valence-corrected chi connectivity index (χ1v) is 7.44. The van der Waals surface area contributed by atoms with Gasteiger partial charge in [-0.2, -0.15) is 13.2 Å². The van der Waals surface area contributed by atoms with Crippen molar-refractivity contribution >= 4 is 21.4 Å². The van der Waals surface area contributed by atoms with Gasteiger partial charge >= 0.3 is 6.18 Å². The van der Waals surface area contributed by atoms with Gasteiger partial charge in [-0.25, -0.2) is 12.7 Å². The maximum Gasteiger partial charge on any atom is 0.452 e. The Hall–Kier alpha value is -1.39. The molecule has 5 nitrogen and oxygen atoms in total. The van der Waals surface area contributed by atoms with Gasteiger partial charge in [0.15, 0.2) is 0 Å². The van der Waals surface area contributed by atoms with E-state index >= 15 is 0 Å². The zero-order valence-corrected chi connectivity index (χ0v) is 11.9. The van der Waals surface area contributed by atoms with Gasteiger partial charge in [0.25, 0.3) is 10.0 Å². The fraction of sp³-hybridized carbons (Fsp3) is 0.300. The summed E-state index contributed by atoms with van der Waals surface area (Å²) in [5.74, 6) is -1.22. The van der Waals surface area contributed by atoms with E-state index in [1.165, 1.54) is 26.2 Å². The van der Waals surface area contributed by atoms with Crippen molar-refractivity contribution in [3.63, 3.8) is 0 Å². The Labute approximate surface area is 116 Å². The highest BCUT2D eigenvalue weighted by atomic mass is 32.2. The summed E-state index contributed by atoms with van der Waals surface area (Å²) in [6.45, 7) is 0. The van der Waals surface area contributed by atoms with Crippen LogP contribution < -0.4 is 0 Å². The number of hydrogen-bond donors (Lipinski definition) is 0. The fourth-order valence-corrected chi connectivity index (χ4v) is 3.73. The lowest BCUT2D eigenvalue weighted by molar-refractivity contribution is -0.155. The molecule has 2 aromatic heterocycles. The summed E-state index contributed by atoms with van der Waals surface area (Å²) in [7, 11) is -0.879.